The molecule has 0 N–H and O–H groups in total. The molecule has 2 aromatic rings. The summed E-state index contributed by atoms with van der Waals surface area (Å²) in [4.78, 5) is 0. The predicted molar refractivity (Wildman–Crippen MR) is 93.5 cm³/mol. The Morgan fingerprint density at radius 3 is 2.60 bits per heavy atom. The van der Waals surface area contributed by atoms with Crippen molar-refractivity contribution in [3.63, 3.8) is 0 Å². The van der Waals surface area contributed by atoms with Crippen LogP contribution in [-0.4, -0.2) is 4.57 Å². The van der Waals surface area contributed by atoms with Gasteiger partial charge in [0.1, 0.15) is 0 Å². The van der Waals surface area contributed by atoms with Gasteiger partial charge < -0.3 is 24.8 Å². The maximum absolute atomic E-state index is 2.41. The fraction of sp³-hybridized carbons (Fsp3) is 0.238. The minimum Gasteiger partial charge on any atom is -1.00 e. The molecule has 2 aliphatic carbocycles. The van der Waals surface area contributed by atoms with Crippen molar-refractivity contribution in [2.24, 2.45) is 0 Å². The molecule has 0 radical (unpaired) electrons. The first-order valence-electron chi connectivity index (χ1n) is 8.46. The molecule has 1 atom stereocenters. The Labute approximate surface area is 174 Å². The van der Waals surface area contributed by atoms with Gasteiger partial charge in [0, 0.05) is 0 Å². The van der Waals surface area contributed by atoms with E-state index in [0.29, 0.717) is 3.63 Å². The van der Waals surface area contributed by atoms with Crippen molar-refractivity contribution in [1.29, 1.82) is 0 Å². The number of fused-ring (bicyclic) bond motifs is 1. The Balaban J connectivity index is 0.00000113. The maximum Gasteiger partial charge on any atom is -1.00 e. The molecule has 1 aromatic heterocycles. The van der Waals surface area contributed by atoms with Crippen LogP contribution < -0.4 is 24.8 Å². The smallest absolute Gasteiger partial charge is 1.00 e. The van der Waals surface area contributed by atoms with Gasteiger partial charge in [-0.25, -0.2) is 0 Å². The van der Waals surface area contributed by atoms with Crippen LogP contribution in [0.3, 0.4) is 0 Å². The quantitative estimate of drug-likeness (QED) is 0.588. The van der Waals surface area contributed by atoms with Crippen molar-refractivity contribution in [3.8, 4) is 0 Å². The average molecular weight is 450 g/mol. The molecule has 0 bridgehead atoms. The van der Waals surface area contributed by atoms with Crippen LogP contribution in [0.1, 0.15) is 40.9 Å². The third kappa shape index (κ3) is 4.13. The number of halogens is 2. The van der Waals surface area contributed by atoms with Gasteiger partial charge >= 0.3 is 150 Å². The summed E-state index contributed by atoms with van der Waals surface area (Å²) in [5, 5.41) is 0. The molecular weight excluding hydrogens is 428 g/mol. The summed E-state index contributed by atoms with van der Waals surface area (Å²) in [7, 11) is 0. The van der Waals surface area contributed by atoms with Crippen LogP contribution in [0, 0.1) is 0 Å². The van der Waals surface area contributed by atoms with Gasteiger partial charge in [0.05, 0.1) is 0 Å². The Morgan fingerprint density at radius 2 is 1.84 bits per heavy atom. The molecule has 128 valence electrons. The molecule has 1 unspecified atom stereocenters. The van der Waals surface area contributed by atoms with E-state index in [1.807, 2.05) is 0 Å². The van der Waals surface area contributed by atoms with E-state index < -0.39 is 23.2 Å². The van der Waals surface area contributed by atoms with Crippen molar-refractivity contribution in [2.75, 3.05) is 0 Å². The molecule has 25 heavy (non-hydrogen) atoms. The standard InChI is InChI=1S/C13H10N.C8H11.2ClH.Zr/c1-2-6-12-10-13(9-11(12)5-1)14-7-3-4-8-14;1-2-5-8-6-3-4-7-8;;;/h1-10H;3,6H,2,4-5H2,1H3;2*1H;/q;;;;+2/p-2. The normalized spacial score (nSPS) is 17.5. The minimum absolute atomic E-state index is 0. The number of hydrogen-bond donors (Lipinski definition) is 0. The number of hydrogen-bond acceptors (Lipinski definition) is 0. The topological polar surface area (TPSA) is 4.93 Å². The van der Waals surface area contributed by atoms with E-state index in [2.05, 4.69) is 78.5 Å². The summed E-state index contributed by atoms with van der Waals surface area (Å²) >= 11 is -0.689. The first-order valence-corrected chi connectivity index (χ1v) is 11.1. The summed E-state index contributed by atoms with van der Waals surface area (Å²) in [5.41, 5.74) is 6.11. The van der Waals surface area contributed by atoms with Crippen molar-refractivity contribution in [2.45, 2.75) is 29.8 Å². The number of allylic oxidation sites excluding steroid dienone is 5. The molecule has 0 aliphatic heterocycles. The first-order chi connectivity index (χ1) is 11.4. The SMILES string of the molecule is CCCC1=[C]([Zr+2][CH]2C(n3cccc3)=Cc3ccccc32)CC=C1.[Cl-].[Cl-]. The van der Waals surface area contributed by atoms with Gasteiger partial charge in [-0.2, -0.15) is 0 Å². The van der Waals surface area contributed by atoms with Gasteiger partial charge in [0.15, 0.2) is 0 Å². The molecule has 0 saturated carbocycles. The third-order valence-corrected chi connectivity index (χ3v) is 9.02. The molecule has 0 fully saturated rings. The summed E-state index contributed by atoms with van der Waals surface area (Å²) < 4.78 is 4.77. The van der Waals surface area contributed by atoms with E-state index in [4.69, 9.17) is 0 Å². The maximum atomic E-state index is 2.41. The van der Waals surface area contributed by atoms with Crippen LogP contribution in [0.4, 0.5) is 0 Å². The summed E-state index contributed by atoms with van der Waals surface area (Å²) in [5.74, 6) is 0. The molecule has 4 rings (SSSR count). The largest absolute Gasteiger partial charge is 1.00 e. The molecule has 0 spiro atoms. The first kappa shape index (κ1) is 20.5. The second-order valence-corrected chi connectivity index (χ2v) is 9.84. The van der Waals surface area contributed by atoms with Gasteiger partial charge in [-0.3, -0.25) is 0 Å². The number of nitrogens with zero attached hydrogens (tertiary/aromatic N) is 1. The van der Waals surface area contributed by atoms with Gasteiger partial charge in [0.25, 0.3) is 0 Å². The van der Waals surface area contributed by atoms with E-state index in [9.17, 15) is 0 Å². The van der Waals surface area contributed by atoms with Crippen LogP contribution in [0.5, 0.6) is 0 Å². The fourth-order valence-corrected chi connectivity index (χ4v) is 7.94. The number of rotatable bonds is 5. The number of benzene rings is 1. The van der Waals surface area contributed by atoms with Crippen LogP contribution in [0.25, 0.3) is 11.8 Å². The van der Waals surface area contributed by atoms with Crippen LogP contribution >= 0.6 is 0 Å². The van der Waals surface area contributed by atoms with E-state index in [-0.39, 0.29) is 24.8 Å². The molecule has 2 aliphatic rings. The van der Waals surface area contributed by atoms with Crippen molar-refractivity contribution >= 4 is 11.8 Å². The number of aromatic nitrogens is 1. The molecule has 1 aromatic carbocycles. The van der Waals surface area contributed by atoms with E-state index in [0.717, 1.165) is 0 Å². The van der Waals surface area contributed by atoms with Gasteiger partial charge in [-0.15, -0.1) is 0 Å². The monoisotopic (exact) mass is 447 g/mol. The summed E-state index contributed by atoms with van der Waals surface area (Å²) in [6, 6.07) is 13.2. The van der Waals surface area contributed by atoms with Crippen LogP contribution in [0.15, 0.2) is 69.8 Å². The van der Waals surface area contributed by atoms with E-state index >= 15 is 0 Å². The Bertz CT molecular complexity index is 803. The zero-order valence-electron chi connectivity index (χ0n) is 14.3. The fourth-order valence-electron chi connectivity index (χ4n) is 3.57. The van der Waals surface area contributed by atoms with E-state index in [1.165, 1.54) is 30.5 Å². The Morgan fingerprint density at radius 1 is 1.08 bits per heavy atom. The molecule has 0 saturated heterocycles. The second kappa shape index (κ2) is 9.22. The van der Waals surface area contributed by atoms with Crippen molar-refractivity contribution in [1.82, 2.24) is 4.57 Å². The second-order valence-electron chi connectivity index (χ2n) is 6.23. The summed E-state index contributed by atoms with van der Waals surface area (Å²) in [6.45, 7) is 2.29. The molecule has 1 heterocycles. The summed E-state index contributed by atoms with van der Waals surface area (Å²) in [6.07, 6.45) is 15.3. The minimum atomic E-state index is -0.689. The Hall–Kier alpha value is -0.817. The molecule has 1 nitrogen and oxygen atoms in total. The average Bonchev–Trinajstić information content (AvgIpc) is 3.29. The van der Waals surface area contributed by atoms with Crippen LogP contribution in [0.2, 0.25) is 0 Å². The molecular formula is C21H21Cl2NZr. The van der Waals surface area contributed by atoms with Gasteiger partial charge in [-0.05, 0) is 0 Å². The zero-order chi connectivity index (χ0) is 15.6. The van der Waals surface area contributed by atoms with Crippen molar-refractivity contribution < 1.29 is 48.0 Å². The Kier molecular flexibility index (Phi) is 7.56. The van der Waals surface area contributed by atoms with E-state index in [1.54, 1.807) is 14.4 Å². The molecule has 4 heteroatoms. The predicted octanol–water partition coefficient (Wildman–Crippen LogP) is -0.354. The van der Waals surface area contributed by atoms with Crippen LogP contribution in [-0.2, 0) is 23.2 Å². The zero-order valence-corrected chi connectivity index (χ0v) is 18.2. The van der Waals surface area contributed by atoms with Crippen molar-refractivity contribution in [3.05, 3.63) is 80.9 Å². The van der Waals surface area contributed by atoms with Gasteiger partial charge in [-0.1, -0.05) is 0 Å². The van der Waals surface area contributed by atoms with Gasteiger partial charge in [0.2, 0.25) is 0 Å². The molecule has 0 amide bonds. The third-order valence-electron chi connectivity index (χ3n) is 4.68.